The van der Waals surface area contributed by atoms with E-state index < -0.39 is 29.8 Å². The number of nitrogens with zero attached hydrogens (tertiary/aromatic N) is 2. The van der Waals surface area contributed by atoms with Crippen molar-refractivity contribution >= 4 is 18.0 Å². The van der Waals surface area contributed by atoms with E-state index in [-0.39, 0.29) is 31.8 Å². The fraction of sp³-hybridized carbons (Fsp3) is 0.483. The minimum Gasteiger partial charge on any atom is -0.459 e. The molecule has 0 spiro atoms. The fourth-order valence-corrected chi connectivity index (χ4v) is 4.62. The van der Waals surface area contributed by atoms with Crippen molar-refractivity contribution in [3.8, 4) is 0 Å². The Kier molecular flexibility index (Phi) is 9.01. The lowest BCUT2D eigenvalue weighted by Gasteiger charge is -2.37. The molecule has 0 saturated carbocycles. The van der Waals surface area contributed by atoms with Crippen molar-refractivity contribution in [1.82, 2.24) is 9.80 Å². The number of carbonyl (C=O) groups excluding carboxylic acids is 3. The highest BCUT2D eigenvalue weighted by molar-refractivity contribution is 5.87. The number of morpholine rings is 1. The molecule has 2 aromatic carbocycles. The van der Waals surface area contributed by atoms with Gasteiger partial charge >= 0.3 is 12.1 Å². The topological polar surface area (TPSA) is 94.6 Å². The third-order valence-electron chi connectivity index (χ3n) is 6.43. The van der Waals surface area contributed by atoms with Gasteiger partial charge in [0.25, 0.3) is 0 Å². The van der Waals surface area contributed by atoms with Gasteiger partial charge in [0.1, 0.15) is 31.0 Å². The van der Waals surface area contributed by atoms with Gasteiger partial charge in [-0.15, -0.1) is 0 Å². The summed E-state index contributed by atoms with van der Waals surface area (Å²) in [4.78, 5) is 42.4. The number of hydrogen-bond donors (Lipinski definition) is 0. The number of esters is 1. The molecule has 4 rings (SSSR count). The molecule has 3 atom stereocenters. The maximum atomic E-state index is 13.8. The molecule has 0 radical (unpaired) electrons. The van der Waals surface area contributed by atoms with E-state index in [1.165, 1.54) is 4.90 Å². The number of benzene rings is 2. The Labute approximate surface area is 223 Å². The predicted molar refractivity (Wildman–Crippen MR) is 139 cm³/mol. The number of hydrogen-bond acceptors (Lipinski definition) is 7. The zero-order valence-electron chi connectivity index (χ0n) is 22.2. The predicted octanol–water partition coefficient (Wildman–Crippen LogP) is 3.72. The van der Waals surface area contributed by atoms with Crippen molar-refractivity contribution in [1.29, 1.82) is 0 Å². The first-order valence-electron chi connectivity index (χ1n) is 13.0. The Morgan fingerprint density at radius 2 is 1.66 bits per heavy atom. The Hall–Kier alpha value is -3.43. The number of ether oxygens (including phenoxy) is 4. The minimum absolute atomic E-state index is 0.134. The molecule has 2 aromatic rings. The van der Waals surface area contributed by atoms with Crippen molar-refractivity contribution in [2.24, 2.45) is 0 Å². The molecule has 0 N–H and O–H groups in total. The molecule has 2 heterocycles. The van der Waals surface area contributed by atoms with E-state index in [2.05, 4.69) is 0 Å². The van der Waals surface area contributed by atoms with Crippen LogP contribution < -0.4 is 0 Å². The highest BCUT2D eigenvalue weighted by atomic mass is 16.6. The molecule has 0 bridgehead atoms. The van der Waals surface area contributed by atoms with Crippen molar-refractivity contribution < 1.29 is 33.3 Å². The summed E-state index contributed by atoms with van der Waals surface area (Å²) in [7, 11) is 0. The van der Waals surface area contributed by atoms with Crippen molar-refractivity contribution in [3.05, 3.63) is 71.8 Å². The van der Waals surface area contributed by atoms with E-state index in [4.69, 9.17) is 18.9 Å². The SMILES string of the molecule is CC(C)(C)OC(=O)N1CC[C@@H](OCC(=O)OCc2ccccc2)[C@H]1C(=O)N1CCO[C@H](c2ccccc2)C1. The van der Waals surface area contributed by atoms with Gasteiger partial charge in [0.05, 0.1) is 19.3 Å². The van der Waals surface area contributed by atoms with Gasteiger partial charge in [-0.05, 0) is 38.3 Å². The lowest BCUT2D eigenvalue weighted by molar-refractivity contribution is -0.157. The maximum Gasteiger partial charge on any atom is 0.411 e. The summed E-state index contributed by atoms with van der Waals surface area (Å²) in [6.07, 6.45) is -1.12. The van der Waals surface area contributed by atoms with Gasteiger partial charge in [0.15, 0.2) is 0 Å². The average molecular weight is 525 g/mol. The van der Waals surface area contributed by atoms with Gasteiger partial charge in [0.2, 0.25) is 5.91 Å². The number of rotatable bonds is 7. The summed E-state index contributed by atoms with van der Waals surface area (Å²) < 4.78 is 22.7. The highest BCUT2D eigenvalue weighted by Crippen LogP contribution is 2.28. The van der Waals surface area contributed by atoms with Crippen LogP contribution in [0.4, 0.5) is 4.79 Å². The monoisotopic (exact) mass is 524 g/mol. The molecule has 2 saturated heterocycles. The summed E-state index contributed by atoms with van der Waals surface area (Å²) >= 11 is 0. The summed E-state index contributed by atoms with van der Waals surface area (Å²) in [6, 6.07) is 18.2. The van der Waals surface area contributed by atoms with E-state index in [0.29, 0.717) is 26.1 Å². The van der Waals surface area contributed by atoms with Crippen LogP contribution in [0, 0.1) is 0 Å². The molecule has 9 heteroatoms. The standard InChI is InChI=1S/C29H36N2O7/c1-29(2,3)38-28(34)31-15-14-23(36-20-25(32)37-19-21-10-6-4-7-11-21)26(31)27(33)30-16-17-35-24(18-30)22-12-8-5-9-13-22/h4-13,23-24,26H,14-20H2,1-3H3/t23-,24+,26+/m1/s1. The second kappa shape index (κ2) is 12.4. The largest absolute Gasteiger partial charge is 0.459 e. The van der Waals surface area contributed by atoms with E-state index in [9.17, 15) is 14.4 Å². The summed E-state index contributed by atoms with van der Waals surface area (Å²) in [5.41, 5.74) is 1.13. The lowest BCUT2D eigenvalue weighted by atomic mass is 10.1. The van der Waals surface area contributed by atoms with Crippen LogP contribution in [0.5, 0.6) is 0 Å². The second-order valence-corrected chi connectivity index (χ2v) is 10.5. The highest BCUT2D eigenvalue weighted by Gasteiger charge is 2.46. The van der Waals surface area contributed by atoms with Crippen molar-refractivity contribution in [2.75, 3.05) is 32.8 Å². The molecule has 2 aliphatic heterocycles. The summed E-state index contributed by atoms with van der Waals surface area (Å²) in [5, 5.41) is 0. The van der Waals surface area contributed by atoms with Gasteiger partial charge in [-0.3, -0.25) is 9.69 Å². The van der Waals surface area contributed by atoms with E-state index in [0.717, 1.165) is 11.1 Å². The minimum atomic E-state index is -0.915. The second-order valence-electron chi connectivity index (χ2n) is 10.5. The first-order valence-corrected chi connectivity index (χ1v) is 13.0. The quantitative estimate of drug-likeness (QED) is 0.510. The molecule has 204 valence electrons. The third kappa shape index (κ3) is 7.33. The molecule has 9 nitrogen and oxygen atoms in total. The zero-order chi connectivity index (χ0) is 27.1. The normalized spacial score (nSPS) is 21.7. The molecular formula is C29H36N2O7. The van der Waals surface area contributed by atoms with Crippen LogP contribution in [-0.2, 0) is 35.1 Å². The molecule has 38 heavy (non-hydrogen) atoms. The molecular weight excluding hydrogens is 488 g/mol. The molecule has 2 aliphatic rings. The Balaban J connectivity index is 1.44. The van der Waals surface area contributed by atoms with E-state index >= 15 is 0 Å². The molecule has 0 aliphatic carbocycles. The van der Waals surface area contributed by atoms with Gasteiger partial charge in [-0.2, -0.15) is 0 Å². The van der Waals surface area contributed by atoms with Gasteiger partial charge < -0.3 is 23.8 Å². The molecule has 2 fully saturated rings. The molecule has 0 aromatic heterocycles. The lowest BCUT2D eigenvalue weighted by Crippen LogP contribution is -2.55. The van der Waals surface area contributed by atoms with Crippen LogP contribution in [0.25, 0.3) is 0 Å². The first-order chi connectivity index (χ1) is 18.2. The smallest absolute Gasteiger partial charge is 0.411 e. The maximum absolute atomic E-state index is 13.8. The van der Waals surface area contributed by atoms with Crippen LogP contribution in [0.2, 0.25) is 0 Å². The third-order valence-corrected chi connectivity index (χ3v) is 6.43. The van der Waals surface area contributed by atoms with Crippen molar-refractivity contribution in [2.45, 2.75) is 57.6 Å². The fourth-order valence-electron chi connectivity index (χ4n) is 4.62. The van der Waals surface area contributed by atoms with Gasteiger partial charge in [-0.1, -0.05) is 60.7 Å². The first kappa shape index (κ1) is 27.6. The van der Waals surface area contributed by atoms with E-state index in [1.807, 2.05) is 60.7 Å². The summed E-state index contributed by atoms with van der Waals surface area (Å²) in [5.74, 6) is -0.786. The van der Waals surface area contributed by atoms with Crippen LogP contribution in [0.1, 0.15) is 44.4 Å². The number of carbonyl (C=O) groups is 3. The van der Waals surface area contributed by atoms with Crippen LogP contribution >= 0.6 is 0 Å². The Morgan fingerprint density at radius 3 is 2.34 bits per heavy atom. The van der Waals surface area contributed by atoms with Gasteiger partial charge in [0, 0.05) is 13.1 Å². The van der Waals surface area contributed by atoms with Crippen LogP contribution in [0.15, 0.2) is 60.7 Å². The van der Waals surface area contributed by atoms with Crippen molar-refractivity contribution in [3.63, 3.8) is 0 Å². The molecule has 0 unspecified atom stereocenters. The Morgan fingerprint density at radius 1 is 0.974 bits per heavy atom. The zero-order valence-corrected chi connectivity index (χ0v) is 22.2. The van der Waals surface area contributed by atoms with Gasteiger partial charge in [-0.25, -0.2) is 9.59 Å². The number of amides is 2. The van der Waals surface area contributed by atoms with E-state index in [1.54, 1.807) is 25.7 Å². The summed E-state index contributed by atoms with van der Waals surface area (Å²) in [6.45, 7) is 6.56. The Bertz CT molecular complexity index is 1090. The number of likely N-dealkylation sites (tertiary alicyclic amines) is 1. The van der Waals surface area contributed by atoms with Crippen LogP contribution in [0.3, 0.4) is 0 Å². The molecule has 2 amide bonds. The van der Waals surface area contributed by atoms with Crippen LogP contribution in [-0.4, -0.2) is 78.4 Å². The average Bonchev–Trinajstić information content (AvgIpc) is 3.35.